The molecule has 0 saturated heterocycles. The van der Waals surface area contributed by atoms with E-state index >= 15 is 0 Å². The number of carbonyl (C=O) groups excluding carboxylic acids is 1. The Bertz CT molecular complexity index is 1270. The van der Waals surface area contributed by atoms with Crippen LogP contribution in [0.1, 0.15) is 25.0 Å². The number of methoxy groups -OCH3 is 1. The third-order valence-corrected chi connectivity index (χ3v) is 6.91. The minimum Gasteiger partial charge on any atom is -0.497 e. The standard InChI is InChI=1S/C27H31N3O5S/c1-20(2)19-35-25-11-7-22(8-12-25)17-28-29-27(31)18-30(23-9-13-24(34-4)14-10-23)36(32,33)26-15-5-21(3)6-16-26/h5-17,20H,18-19H2,1-4H3,(H,29,31)/b28-17-. The lowest BCUT2D eigenvalue weighted by Gasteiger charge is -2.24. The maximum absolute atomic E-state index is 13.4. The van der Waals surface area contributed by atoms with E-state index in [0.717, 1.165) is 21.2 Å². The van der Waals surface area contributed by atoms with E-state index in [1.54, 1.807) is 36.4 Å². The molecule has 0 unspecified atom stereocenters. The predicted octanol–water partition coefficient (Wildman–Crippen LogP) is 4.38. The zero-order valence-electron chi connectivity index (χ0n) is 20.8. The Morgan fingerprint density at radius 3 is 2.17 bits per heavy atom. The number of amides is 1. The maximum Gasteiger partial charge on any atom is 0.264 e. The molecule has 190 valence electrons. The lowest BCUT2D eigenvalue weighted by atomic mass is 10.2. The van der Waals surface area contributed by atoms with Crippen molar-refractivity contribution in [1.82, 2.24) is 5.43 Å². The van der Waals surface area contributed by atoms with Gasteiger partial charge in [-0.2, -0.15) is 5.10 Å². The highest BCUT2D eigenvalue weighted by Gasteiger charge is 2.27. The topological polar surface area (TPSA) is 97.3 Å². The van der Waals surface area contributed by atoms with Gasteiger partial charge in [0.2, 0.25) is 0 Å². The van der Waals surface area contributed by atoms with E-state index in [0.29, 0.717) is 24.0 Å². The van der Waals surface area contributed by atoms with E-state index in [-0.39, 0.29) is 4.90 Å². The van der Waals surface area contributed by atoms with Crippen molar-refractivity contribution in [2.24, 2.45) is 11.0 Å². The second-order valence-corrected chi connectivity index (χ2v) is 10.5. The van der Waals surface area contributed by atoms with Gasteiger partial charge < -0.3 is 9.47 Å². The van der Waals surface area contributed by atoms with Crippen LogP contribution in [0, 0.1) is 12.8 Å². The zero-order chi connectivity index (χ0) is 26.1. The third kappa shape index (κ3) is 7.32. The summed E-state index contributed by atoms with van der Waals surface area (Å²) in [6, 6.07) is 20.2. The van der Waals surface area contributed by atoms with Crippen LogP contribution in [0.4, 0.5) is 5.69 Å². The average Bonchev–Trinajstić information content (AvgIpc) is 2.87. The minimum absolute atomic E-state index is 0.0833. The number of rotatable bonds is 11. The van der Waals surface area contributed by atoms with E-state index < -0.39 is 22.5 Å². The van der Waals surface area contributed by atoms with Crippen molar-refractivity contribution in [1.29, 1.82) is 0 Å². The molecular formula is C27H31N3O5S. The lowest BCUT2D eigenvalue weighted by Crippen LogP contribution is -2.39. The molecule has 0 spiro atoms. The van der Waals surface area contributed by atoms with Crippen molar-refractivity contribution in [3.63, 3.8) is 0 Å². The largest absolute Gasteiger partial charge is 0.497 e. The Morgan fingerprint density at radius 1 is 0.972 bits per heavy atom. The molecule has 3 rings (SSSR count). The van der Waals surface area contributed by atoms with Gasteiger partial charge >= 0.3 is 0 Å². The molecule has 3 aromatic carbocycles. The van der Waals surface area contributed by atoms with E-state index in [1.165, 1.54) is 25.5 Å². The van der Waals surface area contributed by atoms with Crippen LogP contribution in [0.15, 0.2) is 82.8 Å². The molecule has 0 radical (unpaired) electrons. The van der Waals surface area contributed by atoms with Gasteiger partial charge in [-0.05, 0) is 79.1 Å². The molecule has 0 bridgehead atoms. The molecule has 0 fully saturated rings. The molecule has 36 heavy (non-hydrogen) atoms. The van der Waals surface area contributed by atoms with Gasteiger partial charge in [0.05, 0.1) is 30.5 Å². The average molecular weight is 510 g/mol. The van der Waals surface area contributed by atoms with Crippen molar-refractivity contribution in [3.05, 3.63) is 83.9 Å². The van der Waals surface area contributed by atoms with Gasteiger partial charge in [-0.3, -0.25) is 9.10 Å². The number of hydrazone groups is 1. The minimum atomic E-state index is -4.01. The molecule has 0 aliphatic carbocycles. The molecule has 0 heterocycles. The summed E-state index contributed by atoms with van der Waals surface area (Å²) in [6.07, 6.45) is 1.48. The van der Waals surface area contributed by atoms with Crippen molar-refractivity contribution in [3.8, 4) is 11.5 Å². The van der Waals surface area contributed by atoms with Crippen LogP contribution in [-0.2, 0) is 14.8 Å². The summed E-state index contributed by atoms with van der Waals surface area (Å²) in [5.74, 6) is 1.16. The van der Waals surface area contributed by atoms with Crippen molar-refractivity contribution < 1.29 is 22.7 Å². The first kappa shape index (κ1) is 26.7. The van der Waals surface area contributed by atoms with Crippen LogP contribution < -0.4 is 19.2 Å². The van der Waals surface area contributed by atoms with E-state index in [1.807, 2.05) is 31.2 Å². The molecule has 9 heteroatoms. The molecule has 1 N–H and O–H groups in total. The number of carbonyl (C=O) groups is 1. The molecular weight excluding hydrogens is 478 g/mol. The highest BCUT2D eigenvalue weighted by Crippen LogP contribution is 2.26. The second kappa shape index (κ2) is 12.2. The van der Waals surface area contributed by atoms with E-state index in [4.69, 9.17) is 9.47 Å². The van der Waals surface area contributed by atoms with E-state index in [9.17, 15) is 13.2 Å². The van der Waals surface area contributed by atoms with Gasteiger partial charge in [0, 0.05) is 0 Å². The summed E-state index contributed by atoms with van der Waals surface area (Å²) in [7, 11) is -2.49. The number of nitrogens with zero attached hydrogens (tertiary/aromatic N) is 2. The Hall–Kier alpha value is -3.85. The summed E-state index contributed by atoms with van der Waals surface area (Å²) in [5, 5.41) is 3.98. The molecule has 8 nitrogen and oxygen atoms in total. The fourth-order valence-corrected chi connectivity index (χ4v) is 4.58. The van der Waals surface area contributed by atoms with Crippen molar-refractivity contribution in [2.45, 2.75) is 25.7 Å². The molecule has 0 saturated carbocycles. The molecule has 1 amide bonds. The summed E-state index contributed by atoms with van der Waals surface area (Å²) < 4.78 is 38.7. The number of ether oxygens (including phenoxy) is 2. The van der Waals surface area contributed by atoms with Gasteiger partial charge in [-0.25, -0.2) is 13.8 Å². The molecule has 3 aromatic rings. The predicted molar refractivity (Wildman–Crippen MR) is 141 cm³/mol. The summed E-state index contributed by atoms with van der Waals surface area (Å²) in [6.45, 7) is 6.19. The normalized spacial score (nSPS) is 11.5. The number of hydrogen-bond acceptors (Lipinski definition) is 6. The Kier molecular flexibility index (Phi) is 9.08. The first-order chi connectivity index (χ1) is 17.2. The van der Waals surface area contributed by atoms with Crippen LogP contribution in [0.3, 0.4) is 0 Å². The van der Waals surface area contributed by atoms with Gasteiger partial charge in [0.15, 0.2) is 0 Å². The highest BCUT2D eigenvalue weighted by molar-refractivity contribution is 7.92. The summed E-state index contributed by atoms with van der Waals surface area (Å²) in [4.78, 5) is 12.8. The number of nitrogens with one attached hydrogen (secondary N) is 1. The Morgan fingerprint density at radius 2 is 1.58 bits per heavy atom. The van der Waals surface area contributed by atoms with Crippen LogP contribution in [0.25, 0.3) is 0 Å². The van der Waals surface area contributed by atoms with Crippen LogP contribution >= 0.6 is 0 Å². The second-order valence-electron chi connectivity index (χ2n) is 8.59. The Labute approximate surface area is 212 Å². The lowest BCUT2D eigenvalue weighted by molar-refractivity contribution is -0.119. The summed E-state index contributed by atoms with van der Waals surface area (Å²) in [5.41, 5.74) is 4.42. The maximum atomic E-state index is 13.4. The zero-order valence-corrected chi connectivity index (χ0v) is 21.7. The molecule has 0 aliphatic heterocycles. The van der Waals surface area contributed by atoms with E-state index in [2.05, 4.69) is 24.4 Å². The molecule has 0 aliphatic rings. The molecule has 0 atom stereocenters. The summed E-state index contributed by atoms with van der Waals surface area (Å²) >= 11 is 0. The smallest absolute Gasteiger partial charge is 0.264 e. The Balaban J connectivity index is 1.73. The van der Waals surface area contributed by atoms with Crippen LogP contribution in [0.5, 0.6) is 11.5 Å². The number of hydrogen-bond donors (Lipinski definition) is 1. The highest BCUT2D eigenvalue weighted by atomic mass is 32.2. The fraction of sp³-hybridized carbons (Fsp3) is 0.259. The monoisotopic (exact) mass is 509 g/mol. The van der Waals surface area contributed by atoms with Crippen LogP contribution in [-0.4, -0.2) is 40.8 Å². The van der Waals surface area contributed by atoms with Gasteiger partial charge in [0.1, 0.15) is 18.0 Å². The van der Waals surface area contributed by atoms with Crippen molar-refractivity contribution in [2.75, 3.05) is 24.6 Å². The van der Waals surface area contributed by atoms with Gasteiger partial charge in [-0.15, -0.1) is 0 Å². The van der Waals surface area contributed by atoms with Crippen molar-refractivity contribution >= 4 is 27.8 Å². The first-order valence-electron chi connectivity index (χ1n) is 11.5. The SMILES string of the molecule is COc1ccc(N(CC(=O)N/N=C\c2ccc(OCC(C)C)cc2)S(=O)(=O)c2ccc(C)cc2)cc1. The number of aryl methyl sites for hydroxylation is 1. The van der Waals surface area contributed by atoms with Gasteiger partial charge in [-0.1, -0.05) is 31.5 Å². The van der Waals surface area contributed by atoms with Gasteiger partial charge in [0.25, 0.3) is 15.9 Å². The van der Waals surface area contributed by atoms with Crippen LogP contribution in [0.2, 0.25) is 0 Å². The molecule has 0 aromatic heterocycles. The third-order valence-electron chi connectivity index (χ3n) is 5.12. The quantitative estimate of drug-likeness (QED) is 0.306. The number of anilines is 1. The number of benzene rings is 3. The fourth-order valence-electron chi connectivity index (χ4n) is 3.16. The first-order valence-corrected chi connectivity index (χ1v) is 12.9. The number of sulfonamides is 1.